The Bertz CT molecular complexity index is 648. The molecular formula is C16H18N2O2. The molecule has 3 rings (SSSR count). The number of benzene rings is 1. The lowest BCUT2D eigenvalue weighted by molar-refractivity contribution is -0.154. The summed E-state index contributed by atoms with van der Waals surface area (Å²) in [6.45, 7) is 5.84. The molecule has 1 aliphatic heterocycles. The Morgan fingerprint density at radius 1 is 1.30 bits per heavy atom. The van der Waals surface area contributed by atoms with E-state index in [1.165, 1.54) is 0 Å². The van der Waals surface area contributed by atoms with Gasteiger partial charge in [0, 0.05) is 17.7 Å². The van der Waals surface area contributed by atoms with Crippen LogP contribution < -0.4 is 0 Å². The molecule has 2 atom stereocenters. The lowest BCUT2D eigenvalue weighted by atomic mass is 9.95. The molecule has 1 saturated heterocycles. The zero-order valence-corrected chi connectivity index (χ0v) is 12.0. The van der Waals surface area contributed by atoms with Gasteiger partial charge in [-0.3, -0.25) is 4.79 Å². The van der Waals surface area contributed by atoms with Gasteiger partial charge in [-0.25, -0.2) is 4.68 Å². The van der Waals surface area contributed by atoms with Crippen LogP contribution in [0.5, 0.6) is 0 Å². The quantitative estimate of drug-likeness (QED) is 0.788. The van der Waals surface area contributed by atoms with Crippen molar-refractivity contribution in [2.24, 2.45) is 5.92 Å². The molecule has 1 aliphatic rings. The van der Waals surface area contributed by atoms with Crippen LogP contribution in [-0.2, 0) is 15.3 Å². The molecule has 20 heavy (non-hydrogen) atoms. The summed E-state index contributed by atoms with van der Waals surface area (Å²) in [5, 5.41) is 4.55. The SMILES string of the molecule is Cc1cc(C)n([C@]2(c3ccccc3)C[C@@H](C)C(=O)O2)n1. The second-order valence-corrected chi connectivity index (χ2v) is 5.52. The maximum Gasteiger partial charge on any atom is 0.311 e. The largest absolute Gasteiger partial charge is 0.432 e. The first-order valence-electron chi connectivity index (χ1n) is 6.85. The molecule has 0 spiro atoms. The standard InChI is InChI=1S/C16H18N2O2/c1-11-10-16(20-15(11)19,14-7-5-4-6-8-14)18-13(3)9-12(2)17-18/h4-9,11H,10H2,1-3H3/t11-,16-/m1/s1. The Balaban J connectivity index is 2.20. The van der Waals surface area contributed by atoms with Crippen LogP contribution in [0.3, 0.4) is 0 Å². The fourth-order valence-electron chi connectivity index (χ4n) is 2.93. The number of rotatable bonds is 2. The summed E-state index contributed by atoms with van der Waals surface area (Å²) in [7, 11) is 0. The van der Waals surface area contributed by atoms with Crippen molar-refractivity contribution in [1.29, 1.82) is 0 Å². The van der Waals surface area contributed by atoms with E-state index >= 15 is 0 Å². The summed E-state index contributed by atoms with van der Waals surface area (Å²) < 4.78 is 7.64. The smallest absolute Gasteiger partial charge is 0.311 e. The van der Waals surface area contributed by atoms with E-state index in [1.807, 2.05) is 61.9 Å². The number of ether oxygens (including phenoxy) is 1. The minimum absolute atomic E-state index is 0.126. The molecule has 0 radical (unpaired) electrons. The van der Waals surface area contributed by atoms with Crippen molar-refractivity contribution in [1.82, 2.24) is 9.78 Å². The Morgan fingerprint density at radius 3 is 2.50 bits per heavy atom. The lowest BCUT2D eigenvalue weighted by Crippen LogP contribution is -2.36. The van der Waals surface area contributed by atoms with Crippen LogP contribution in [-0.4, -0.2) is 15.7 Å². The number of nitrogens with zero attached hydrogens (tertiary/aromatic N) is 2. The number of carbonyl (C=O) groups excluding carboxylic acids is 1. The highest BCUT2D eigenvalue weighted by Gasteiger charge is 2.49. The molecule has 104 valence electrons. The van der Waals surface area contributed by atoms with Crippen LogP contribution >= 0.6 is 0 Å². The van der Waals surface area contributed by atoms with Gasteiger partial charge >= 0.3 is 5.97 Å². The highest BCUT2D eigenvalue weighted by atomic mass is 16.6. The summed E-state index contributed by atoms with van der Waals surface area (Å²) in [5.74, 6) is -0.291. The van der Waals surface area contributed by atoms with Gasteiger partial charge in [0.15, 0.2) is 0 Å². The zero-order chi connectivity index (χ0) is 14.3. The monoisotopic (exact) mass is 270 g/mol. The van der Waals surface area contributed by atoms with E-state index in [0.717, 1.165) is 17.0 Å². The van der Waals surface area contributed by atoms with Crippen molar-refractivity contribution < 1.29 is 9.53 Å². The number of carbonyl (C=O) groups is 1. The topological polar surface area (TPSA) is 44.1 Å². The van der Waals surface area contributed by atoms with Gasteiger partial charge in [-0.1, -0.05) is 37.3 Å². The molecule has 2 heterocycles. The highest BCUT2D eigenvalue weighted by molar-refractivity contribution is 5.75. The van der Waals surface area contributed by atoms with E-state index in [2.05, 4.69) is 5.10 Å². The van der Waals surface area contributed by atoms with Crippen molar-refractivity contribution in [3.05, 3.63) is 53.3 Å². The van der Waals surface area contributed by atoms with Crippen LogP contribution in [0.2, 0.25) is 0 Å². The van der Waals surface area contributed by atoms with E-state index in [1.54, 1.807) is 0 Å². The van der Waals surface area contributed by atoms with Gasteiger partial charge in [-0.2, -0.15) is 5.10 Å². The maximum absolute atomic E-state index is 12.0. The van der Waals surface area contributed by atoms with Crippen LogP contribution in [0.15, 0.2) is 36.4 Å². The van der Waals surface area contributed by atoms with E-state index in [-0.39, 0.29) is 11.9 Å². The first-order chi connectivity index (χ1) is 9.53. The first-order valence-corrected chi connectivity index (χ1v) is 6.85. The Hall–Kier alpha value is -2.10. The van der Waals surface area contributed by atoms with Gasteiger partial charge in [0.2, 0.25) is 5.72 Å². The van der Waals surface area contributed by atoms with E-state index < -0.39 is 5.72 Å². The summed E-state index contributed by atoms with van der Waals surface area (Å²) in [5.41, 5.74) is 2.07. The van der Waals surface area contributed by atoms with Crippen molar-refractivity contribution in [2.75, 3.05) is 0 Å². The van der Waals surface area contributed by atoms with Crippen LogP contribution in [0, 0.1) is 19.8 Å². The van der Waals surface area contributed by atoms with E-state index in [9.17, 15) is 4.79 Å². The Morgan fingerprint density at radius 2 is 2.00 bits per heavy atom. The van der Waals surface area contributed by atoms with Crippen molar-refractivity contribution in [3.8, 4) is 0 Å². The van der Waals surface area contributed by atoms with Gasteiger partial charge in [0.05, 0.1) is 11.6 Å². The number of esters is 1. The Kier molecular flexibility index (Phi) is 2.89. The van der Waals surface area contributed by atoms with Crippen molar-refractivity contribution >= 4 is 5.97 Å². The third-order valence-electron chi connectivity index (χ3n) is 3.83. The molecule has 4 heteroatoms. The summed E-state index contributed by atoms with van der Waals surface area (Å²) in [6, 6.07) is 11.9. The zero-order valence-electron chi connectivity index (χ0n) is 12.0. The molecule has 0 bridgehead atoms. The average molecular weight is 270 g/mol. The van der Waals surface area contributed by atoms with Gasteiger partial charge in [0.25, 0.3) is 0 Å². The van der Waals surface area contributed by atoms with Gasteiger partial charge < -0.3 is 4.74 Å². The third-order valence-corrected chi connectivity index (χ3v) is 3.83. The van der Waals surface area contributed by atoms with Gasteiger partial charge in [0.1, 0.15) is 0 Å². The number of hydrogen-bond acceptors (Lipinski definition) is 3. The number of cyclic esters (lactones) is 1. The summed E-state index contributed by atoms with van der Waals surface area (Å²) >= 11 is 0. The summed E-state index contributed by atoms with van der Waals surface area (Å²) in [6.07, 6.45) is 0.609. The predicted octanol–water partition coefficient (Wildman–Crippen LogP) is 2.78. The molecule has 1 aromatic heterocycles. The van der Waals surface area contributed by atoms with Gasteiger partial charge in [-0.05, 0) is 19.9 Å². The fraction of sp³-hybridized carbons (Fsp3) is 0.375. The normalized spacial score (nSPS) is 25.8. The number of aromatic nitrogens is 2. The molecule has 1 fully saturated rings. The van der Waals surface area contributed by atoms with Crippen molar-refractivity contribution in [3.63, 3.8) is 0 Å². The maximum atomic E-state index is 12.0. The first kappa shape index (κ1) is 12.9. The Labute approximate surface area is 118 Å². The lowest BCUT2D eigenvalue weighted by Gasteiger charge is -2.30. The fourth-order valence-corrected chi connectivity index (χ4v) is 2.93. The third kappa shape index (κ3) is 1.83. The average Bonchev–Trinajstić information content (AvgIpc) is 2.92. The molecule has 0 amide bonds. The molecular weight excluding hydrogens is 252 g/mol. The van der Waals surface area contributed by atoms with E-state index in [4.69, 9.17) is 4.74 Å². The molecule has 2 aromatic rings. The molecule has 0 unspecified atom stereocenters. The second kappa shape index (κ2) is 4.47. The minimum Gasteiger partial charge on any atom is -0.432 e. The second-order valence-electron chi connectivity index (χ2n) is 5.52. The molecule has 0 aliphatic carbocycles. The van der Waals surface area contributed by atoms with Gasteiger partial charge in [-0.15, -0.1) is 0 Å². The summed E-state index contributed by atoms with van der Waals surface area (Å²) in [4.78, 5) is 12.0. The predicted molar refractivity (Wildman–Crippen MR) is 75.1 cm³/mol. The molecule has 0 N–H and O–H groups in total. The molecule has 0 saturated carbocycles. The minimum atomic E-state index is -0.809. The number of aryl methyl sites for hydroxylation is 2. The van der Waals surface area contributed by atoms with Crippen molar-refractivity contribution in [2.45, 2.75) is 32.9 Å². The number of hydrogen-bond donors (Lipinski definition) is 0. The van der Waals surface area contributed by atoms with E-state index in [0.29, 0.717) is 6.42 Å². The highest BCUT2D eigenvalue weighted by Crippen LogP contribution is 2.41. The van der Waals surface area contributed by atoms with Crippen LogP contribution in [0.4, 0.5) is 0 Å². The molecule has 4 nitrogen and oxygen atoms in total. The van der Waals surface area contributed by atoms with Crippen LogP contribution in [0.25, 0.3) is 0 Å². The van der Waals surface area contributed by atoms with Crippen LogP contribution in [0.1, 0.15) is 30.3 Å². The molecule has 1 aromatic carbocycles.